The molecule has 3 aromatic carbocycles. The van der Waals surface area contributed by atoms with E-state index in [2.05, 4.69) is 28.7 Å². The van der Waals surface area contributed by atoms with Crippen LogP contribution in [0.4, 0.5) is 11.4 Å². The molecule has 1 fully saturated rings. The molecule has 2 unspecified atom stereocenters. The molecule has 5 rings (SSSR count). The molecule has 2 aliphatic heterocycles. The summed E-state index contributed by atoms with van der Waals surface area (Å²) in [6.07, 6.45) is 17.7. The number of nitrogens with one attached hydrogen (secondary N) is 2. The van der Waals surface area contributed by atoms with E-state index in [1.165, 1.54) is 101 Å². The fraction of sp³-hybridized carbons (Fsp3) is 0.489. The number of benzene rings is 3. The maximum atomic E-state index is 13.8. The van der Waals surface area contributed by atoms with Crippen LogP contribution in [0.1, 0.15) is 120 Å². The van der Waals surface area contributed by atoms with Crippen molar-refractivity contribution in [2.75, 3.05) is 30.0 Å². The number of cyclic esters (lactones) is 1. The Hall–Kier alpha value is -4.16. The lowest BCUT2D eigenvalue weighted by atomic mass is 10.0. The summed E-state index contributed by atoms with van der Waals surface area (Å²) in [6, 6.07) is 16.0. The predicted molar refractivity (Wildman–Crippen MR) is 236 cm³/mol. The molecule has 14 heteroatoms. The quantitative estimate of drug-likeness (QED) is 0.0760. The molecule has 1 saturated heterocycles. The van der Waals surface area contributed by atoms with Crippen molar-refractivity contribution in [3.8, 4) is 5.75 Å². The summed E-state index contributed by atoms with van der Waals surface area (Å²) >= 11 is 19.0. The number of esters is 1. The number of nitrogens with zero attached hydrogens (tertiary/aromatic N) is 3. The third-order valence-electron chi connectivity index (χ3n) is 10.5. The van der Waals surface area contributed by atoms with E-state index in [0.29, 0.717) is 17.9 Å². The van der Waals surface area contributed by atoms with Gasteiger partial charge in [0.25, 0.3) is 17.7 Å². The van der Waals surface area contributed by atoms with Gasteiger partial charge in [0.15, 0.2) is 18.0 Å². The molecule has 59 heavy (non-hydrogen) atoms. The summed E-state index contributed by atoms with van der Waals surface area (Å²) < 4.78 is 11.2. The molecule has 3 aromatic rings. The molecule has 2 aliphatic rings. The number of carbonyl (C=O) groups excluding carboxylic acids is 4. The normalized spacial score (nSPS) is 16.1. The van der Waals surface area contributed by atoms with Gasteiger partial charge in [-0.2, -0.15) is 5.01 Å². The van der Waals surface area contributed by atoms with Crippen molar-refractivity contribution < 1.29 is 28.7 Å². The van der Waals surface area contributed by atoms with Gasteiger partial charge in [0.1, 0.15) is 18.0 Å². The third kappa shape index (κ3) is 13.7. The number of amides is 3. The first-order valence-corrected chi connectivity index (χ1v) is 22.2. The van der Waals surface area contributed by atoms with Crippen molar-refractivity contribution in [2.45, 2.75) is 122 Å². The zero-order chi connectivity index (χ0) is 42.1. The van der Waals surface area contributed by atoms with Crippen LogP contribution in [-0.2, 0) is 25.5 Å². The topological polar surface area (TPSA) is 130 Å². The number of amidine groups is 1. The van der Waals surface area contributed by atoms with Crippen molar-refractivity contribution in [2.24, 2.45) is 5.10 Å². The van der Waals surface area contributed by atoms with Crippen LogP contribution >= 0.6 is 34.8 Å². The maximum Gasteiger partial charge on any atom is 0.320 e. The largest absolute Gasteiger partial charge is 0.481 e. The van der Waals surface area contributed by atoms with Gasteiger partial charge >= 0.3 is 5.97 Å². The molecule has 2 atom stereocenters. The Kier molecular flexibility index (Phi) is 18.4. The van der Waals surface area contributed by atoms with Gasteiger partial charge in [-0.15, -0.1) is 5.10 Å². The number of hydrogen-bond donors (Lipinski definition) is 2. The van der Waals surface area contributed by atoms with Crippen LogP contribution in [0.5, 0.6) is 5.75 Å². The summed E-state index contributed by atoms with van der Waals surface area (Å²) in [5, 5.41) is 11.4. The number of unbranched alkanes of at least 4 members (excludes halogenated alkanes) is 12. The SMILES string of the molecule is CCCCCCCCCCCCCCCc1cccc(OC(CC)C(=O)Nc2cccc(C(=O)NC3=NN(c4c(Cl)cc(Cl)cc4Cl)C(=O)C3N3CCOC(=O)C3)c2)c1. The molecule has 2 N–H and O–H groups in total. The lowest BCUT2D eigenvalue weighted by Gasteiger charge is -2.30. The average Bonchev–Trinajstić information content (AvgIpc) is 3.52. The van der Waals surface area contributed by atoms with E-state index in [9.17, 15) is 19.2 Å². The molecule has 2 heterocycles. The number of hydrogen-bond acceptors (Lipinski definition) is 8. The van der Waals surface area contributed by atoms with E-state index >= 15 is 0 Å². The molecule has 0 radical (unpaired) electrons. The fourth-order valence-electron chi connectivity index (χ4n) is 7.31. The number of morpholine rings is 1. The van der Waals surface area contributed by atoms with Crippen molar-refractivity contribution in [3.05, 3.63) is 86.9 Å². The van der Waals surface area contributed by atoms with Crippen LogP contribution in [0.2, 0.25) is 15.1 Å². The highest BCUT2D eigenvalue weighted by Gasteiger charge is 2.44. The van der Waals surface area contributed by atoms with Gasteiger partial charge in [-0.1, -0.05) is 144 Å². The Bertz CT molecular complexity index is 1920. The van der Waals surface area contributed by atoms with Gasteiger partial charge in [-0.3, -0.25) is 24.1 Å². The highest BCUT2D eigenvalue weighted by Crippen LogP contribution is 2.39. The summed E-state index contributed by atoms with van der Waals surface area (Å²) in [7, 11) is 0. The van der Waals surface area contributed by atoms with Gasteiger partial charge in [-0.05, 0) is 67.3 Å². The van der Waals surface area contributed by atoms with Crippen LogP contribution in [0.15, 0.2) is 65.8 Å². The second kappa shape index (κ2) is 23.6. The average molecular weight is 869 g/mol. The first-order valence-electron chi connectivity index (χ1n) is 21.0. The van der Waals surface area contributed by atoms with Crippen molar-refractivity contribution in [1.82, 2.24) is 10.2 Å². The molecule has 0 aliphatic carbocycles. The summed E-state index contributed by atoms with van der Waals surface area (Å²) in [4.78, 5) is 54.8. The van der Waals surface area contributed by atoms with Gasteiger partial charge in [0.05, 0.1) is 16.6 Å². The Morgan fingerprint density at radius 1 is 0.831 bits per heavy atom. The molecular weight excluding hydrogens is 813 g/mol. The number of carbonyl (C=O) groups is 4. The second-order valence-corrected chi connectivity index (χ2v) is 16.4. The number of aryl methyl sites for hydroxylation is 1. The van der Waals surface area contributed by atoms with Crippen LogP contribution < -0.4 is 20.4 Å². The first kappa shape index (κ1) is 45.9. The van der Waals surface area contributed by atoms with Crippen molar-refractivity contribution >= 4 is 75.7 Å². The Labute approximate surface area is 363 Å². The number of rotatable bonds is 22. The highest BCUT2D eigenvalue weighted by molar-refractivity contribution is 6.43. The van der Waals surface area contributed by atoms with Crippen LogP contribution in [0.3, 0.4) is 0 Å². The van der Waals surface area contributed by atoms with E-state index in [1.807, 2.05) is 25.1 Å². The lowest BCUT2D eigenvalue weighted by Crippen LogP contribution is -2.55. The smallest absolute Gasteiger partial charge is 0.320 e. The molecule has 0 spiro atoms. The predicted octanol–water partition coefficient (Wildman–Crippen LogP) is 10.4. The molecule has 318 valence electrons. The molecule has 11 nitrogen and oxygen atoms in total. The van der Waals surface area contributed by atoms with E-state index in [0.717, 1.165) is 17.9 Å². The van der Waals surface area contributed by atoms with E-state index < -0.39 is 29.9 Å². The van der Waals surface area contributed by atoms with Gasteiger partial charge in [-0.25, -0.2) is 0 Å². The van der Waals surface area contributed by atoms with Crippen molar-refractivity contribution in [3.63, 3.8) is 0 Å². The van der Waals surface area contributed by atoms with Crippen molar-refractivity contribution in [1.29, 1.82) is 0 Å². The molecule has 0 saturated carbocycles. The van der Waals surface area contributed by atoms with Crippen LogP contribution in [0, 0.1) is 0 Å². The number of hydrazone groups is 1. The zero-order valence-electron chi connectivity index (χ0n) is 34.1. The minimum Gasteiger partial charge on any atom is -0.481 e. The van der Waals surface area contributed by atoms with Gasteiger partial charge in [0.2, 0.25) is 0 Å². The third-order valence-corrected chi connectivity index (χ3v) is 11.3. The summed E-state index contributed by atoms with van der Waals surface area (Å²) in [6.45, 7) is 4.21. The van der Waals surface area contributed by atoms with E-state index in [1.54, 1.807) is 23.1 Å². The molecule has 0 bridgehead atoms. The fourth-order valence-corrected chi connectivity index (χ4v) is 8.29. The summed E-state index contributed by atoms with van der Waals surface area (Å²) in [5.41, 5.74) is 1.82. The maximum absolute atomic E-state index is 13.8. The number of anilines is 2. The minimum absolute atomic E-state index is 0.0398. The minimum atomic E-state index is -1.15. The Morgan fingerprint density at radius 2 is 1.47 bits per heavy atom. The first-order chi connectivity index (χ1) is 28.6. The molecule has 3 amide bonds. The monoisotopic (exact) mass is 867 g/mol. The number of ether oxygens (including phenoxy) is 2. The van der Waals surface area contributed by atoms with Gasteiger partial charge in [0, 0.05) is 22.8 Å². The Morgan fingerprint density at radius 3 is 2.12 bits per heavy atom. The lowest BCUT2D eigenvalue weighted by molar-refractivity contribution is -0.151. The summed E-state index contributed by atoms with van der Waals surface area (Å²) in [5.74, 6) is -1.48. The van der Waals surface area contributed by atoms with E-state index in [4.69, 9.17) is 44.3 Å². The highest BCUT2D eigenvalue weighted by atomic mass is 35.5. The molecule has 0 aromatic heterocycles. The van der Waals surface area contributed by atoms with Gasteiger partial charge < -0.3 is 20.1 Å². The van der Waals surface area contributed by atoms with Crippen LogP contribution in [0.25, 0.3) is 0 Å². The zero-order valence-corrected chi connectivity index (χ0v) is 36.3. The standard InChI is InChI=1S/C45H56Cl3N5O6/c1-3-5-6-7-8-9-10-11-12-13-14-15-16-19-31-20-17-23-35(26-31)59-38(4-2)44(56)49-34-22-18-21-32(27-34)43(55)50-42-41(52-24-25-58-39(54)30-52)45(57)53(51-42)40-36(47)28-33(46)29-37(40)48/h17-18,20-23,26-29,38,41H,3-16,19,24-25,30H2,1-2H3,(H,49,56)(H,50,51,55). The number of halogens is 3. The van der Waals surface area contributed by atoms with E-state index in [-0.39, 0.29) is 57.8 Å². The second-order valence-electron chi connectivity index (χ2n) is 15.1. The van der Waals surface area contributed by atoms with Crippen LogP contribution in [-0.4, -0.2) is 66.3 Å². The molecular formula is C45H56Cl3N5O6. The Balaban J connectivity index is 1.14.